The number of alkyl halides is 4. The average Bonchev–Trinajstić information content (AvgIpc) is 2.40. The fourth-order valence-corrected chi connectivity index (χ4v) is 2.04. The highest BCUT2D eigenvalue weighted by atomic mass is 127. The van der Waals surface area contributed by atoms with Gasteiger partial charge in [0.1, 0.15) is 5.82 Å². The predicted octanol–water partition coefficient (Wildman–Crippen LogP) is 4.92. The first-order valence-electron chi connectivity index (χ1n) is 5.55. The maximum atomic E-state index is 13.0. The van der Waals surface area contributed by atoms with Crippen molar-refractivity contribution in [2.75, 3.05) is 5.32 Å². The molecule has 0 saturated carbocycles. The molecule has 1 aromatic carbocycles. The third-order valence-corrected chi connectivity index (χ3v) is 3.31. The monoisotopic (exact) mass is 396 g/mol. The Morgan fingerprint density at radius 1 is 1.15 bits per heavy atom. The van der Waals surface area contributed by atoms with Crippen molar-refractivity contribution in [1.29, 1.82) is 0 Å². The van der Waals surface area contributed by atoms with E-state index in [2.05, 4.69) is 32.9 Å². The van der Waals surface area contributed by atoms with Crippen molar-refractivity contribution in [3.05, 3.63) is 53.6 Å². The van der Waals surface area contributed by atoms with E-state index in [0.717, 1.165) is 17.8 Å². The van der Waals surface area contributed by atoms with Crippen molar-refractivity contribution in [3.63, 3.8) is 0 Å². The summed E-state index contributed by atoms with van der Waals surface area (Å²) < 4.78 is 52.2. The van der Waals surface area contributed by atoms with Crippen molar-refractivity contribution < 1.29 is 17.6 Å². The predicted molar refractivity (Wildman–Crippen MR) is 76.6 cm³/mol. The first kappa shape index (κ1) is 15.0. The van der Waals surface area contributed by atoms with Gasteiger partial charge in [-0.1, -0.05) is 22.6 Å². The second-order valence-electron chi connectivity index (χ2n) is 3.98. The van der Waals surface area contributed by atoms with Gasteiger partial charge in [-0.2, -0.15) is 13.2 Å². The number of benzene rings is 1. The zero-order valence-electron chi connectivity index (χ0n) is 10.0. The molecule has 0 bridgehead atoms. The maximum Gasteiger partial charge on any atom is 0.418 e. The number of nitrogens with zero attached hydrogens (tertiary/aromatic N) is 1. The maximum absolute atomic E-state index is 13.0. The largest absolute Gasteiger partial charge is 0.418 e. The van der Waals surface area contributed by atoms with Crippen LogP contribution in [0.5, 0.6) is 0 Å². The molecule has 0 radical (unpaired) electrons. The van der Waals surface area contributed by atoms with Crippen LogP contribution in [0, 0.1) is 5.82 Å². The van der Waals surface area contributed by atoms with E-state index in [-0.39, 0.29) is 5.69 Å². The molecule has 2 rings (SSSR count). The number of nitrogens with one attached hydrogen (secondary N) is 1. The average molecular weight is 396 g/mol. The fourth-order valence-electron chi connectivity index (χ4n) is 1.59. The summed E-state index contributed by atoms with van der Waals surface area (Å²) in [6, 6.07) is 5.85. The molecular weight excluding hydrogens is 387 g/mol. The molecule has 20 heavy (non-hydrogen) atoms. The molecule has 1 aromatic heterocycles. The topological polar surface area (TPSA) is 24.9 Å². The summed E-state index contributed by atoms with van der Waals surface area (Å²) in [5, 5.41) is 2.61. The number of halogens is 5. The molecule has 1 heterocycles. The molecule has 0 aliphatic heterocycles. The molecule has 0 unspecified atom stereocenters. The molecule has 7 heteroatoms. The lowest BCUT2D eigenvalue weighted by molar-refractivity contribution is -0.137. The van der Waals surface area contributed by atoms with Gasteiger partial charge in [0.15, 0.2) is 0 Å². The normalized spacial score (nSPS) is 11.4. The van der Waals surface area contributed by atoms with Crippen molar-refractivity contribution in [2.24, 2.45) is 0 Å². The van der Waals surface area contributed by atoms with Crippen LogP contribution >= 0.6 is 22.6 Å². The fraction of sp³-hybridized carbons (Fsp3) is 0.154. The number of aromatic nitrogens is 1. The van der Waals surface area contributed by atoms with Crippen molar-refractivity contribution in [2.45, 2.75) is 10.6 Å². The van der Waals surface area contributed by atoms with E-state index in [1.54, 1.807) is 12.1 Å². The number of pyridine rings is 1. The molecule has 1 N–H and O–H groups in total. The zero-order valence-corrected chi connectivity index (χ0v) is 12.2. The molecule has 0 spiro atoms. The highest BCUT2D eigenvalue weighted by Gasteiger charge is 2.34. The number of hydrogen-bond acceptors (Lipinski definition) is 2. The van der Waals surface area contributed by atoms with E-state index in [9.17, 15) is 17.6 Å². The molecule has 0 aliphatic rings. The summed E-state index contributed by atoms with van der Waals surface area (Å²) in [4.78, 5) is 4.08. The van der Waals surface area contributed by atoms with Gasteiger partial charge < -0.3 is 5.32 Å². The van der Waals surface area contributed by atoms with Crippen LogP contribution in [0.4, 0.5) is 28.9 Å². The number of rotatable bonds is 3. The van der Waals surface area contributed by atoms with Crippen LogP contribution in [0.15, 0.2) is 36.5 Å². The molecule has 0 saturated heterocycles. The Morgan fingerprint density at radius 3 is 2.45 bits per heavy atom. The van der Waals surface area contributed by atoms with Gasteiger partial charge in [0, 0.05) is 4.43 Å². The molecule has 0 amide bonds. The summed E-state index contributed by atoms with van der Waals surface area (Å²) in [6.45, 7) is 0. The quantitative estimate of drug-likeness (QED) is 0.453. The van der Waals surface area contributed by atoms with Gasteiger partial charge in [-0.25, -0.2) is 4.39 Å². The number of anilines is 2. The Morgan fingerprint density at radius 2 is 1.90 bits per heavy atom. The van der Waals surface area contributed by atoms with Crippen LogP contribution in [0.3, 0.4) is 0 Å². The van der Waals surface area contributed by atoms with E-state index in [1.165, 1.54) is 6.20 Å². The van der Waals surface area contributed by atoms with E-state index < -0.39 is 17.6 Å². The summed E-state index contributed by atoms with van der Waals surface area (Å²) in [5.74, 6) is -0.929. The minimum absolute atomic E-state index is 0.206. The third-order valence-electron chi connectivity index (χ3n) is 2.53. The first-order chi connectivity index (χ1) is 9.40. The lowest BCUT2D eigenvalue weighted by atomic mass is 10.1. The second-order valence-corrected chi connectivity index (χ2v) is 4.75. The lowest BCUT2D eigenvalue weighted by Gasteiger charge is -2.14. The molecule has 2 aromatic rings. The second kappa shape index (κ2) is 5.94. The summed E-state index contributed by atoms with van der Waals surface area (Å²) in [6.07, 6.45) is -3.18. The zero-order chi connectivity index (χ0) is 14.8. The summed E-state index contributed by atoms with van der Waals surface area (Å²) >= 11 is 2.13. The minimum atomic E-state index is -4.62. The van der Waals surface area contributed by atoms with Crippen LogP contribution in [-0.4, -0.2) is 4.98 Å². The van der Waals surface area contributed by atoms with Gasteiger partial charge in [0.05, 0.1) is 28.8 Å². The smallest absolute Gasteiger partial charge is 0.354 e. The Labute approximate surface area is 126 Å². The van der Waals surface area contributed by atoms with Crippen LogP contribution in [0.2, 0.25) is 0 Å². The van der Waals surface area contributed by atoms with Gasteiger partial charge in [0.25, 0.3) is 0 Å². The lowest BCUT2D eigenvalue weighted by Crippen LogP contribution is -2.09. The van der Waals surface area contributed by atoms with E-state index in [1.807, 2.05) is 0 Å². The highest BCUT2D eigenvalue weighted by Crippen LogP contribution is 2.36. The van der Waals surface area contributed by atoms with Crippen LogP contribution < -0.4 is 5.32 Å². The molecule has 0 fully saturated rings. The Balaban J connectivity index is 2.32. The Hall–Kier alpha value is -1.38. The summed E-state index contributed by atoms with van der Waals surface area (Å²) in [5.41, 5.74) is -0.0135. The van der Waals surface area contributed by atoms with Crippen molar-refractivity contribution in [1.82, 2.24) is 4.98 Å². The van der Waals surface area contributed by atoms with Gasteiger partial charge in [0.2, 0.25) is 0 Å². The third kappa shape index (κ3) is 3.59. The first-order valence-corrected chi connectivity index (χ1v) is 7.07. The van der Waals surface area contributed by atoms with E-state index >= 15 is 0 Å². The van der Waals surface area contributed by atoms with Crippen molar-refractivity contribution >= 4 is 34.0 Å². The van der Waals surface area contributed by atoms with E-state index in [4.69, 9.17) is 0 Å². The van der Waals surface area contributed by atoms with E-state index in [0.29, 0.717) is 16.2 Å². The Bertz CT molecular complexity index is 596. The SMILES string of the molecule is Fc1ccc(Nc2ccc(CI)nc2)c(C(F)(F)F)c1. The van der Waals surface area contributed by atoms with Gasteiger partial charge >= 0.3 is 6.18 Å². The molecule has 2 nitrogen and oxygen atoms in total. The van der Waals surface area contributed by atoms with Gasteiger partial charge in [-0.15, -0.1) is 0 Å². The van der Waals surface area contributed by atoms with Crippen LogP contribution in [0.1, 0.15) is 11.3 Å². The Kier molecular flexibility index (Phi) is 4.46. The summed E-state index contributed by atoms with van der Waals surface area (Å²) in [7, 11) is 0. The minimum Gasteiger partial charge on any atom is -0.354 e. The molecular formula is C13H9F4IN2. The number of hydrogen-bond donors (Lipinski definition) is 1. The molecule has 106 valence electrons. The molecule has 0 aliphatic carbocycles. The standard InChI is InChI=1S/C13H9F4IN2/c14-8-1-4-12(11(5-8)13(15,16)17)20-10-3-2-9(6-18)19-7-10/h1-5,7,20H,6H2. The van der Waals surface area contributed by atoms with Crippen LogP contribution in [0.25, 0.3) is 0 Å². The van der Waals surface area contributed by atoms with Crippen molar-refractivity contribution in [3.8, 4) is 0 Å². The highest BCUT2D eigenvalue weighted by molar-refractivity contribution is 14.1. The van der Waals surface area contributed by atoms with Crippen LogP contribution in [-0.2, 0) is 10.6 Å². The van der Waals surface area contributed by atoms with Gasteiger partial charge in [-0.3, -0.25) is 4.98 Å². The molecule has 0 atom stereocenters. The van der Waals surface area contributed by atoms with Gasteiger partial charge in [-0.05, 0) is 30.3 Å².